The molecule has 0 spiro atoms. The van der Waals surface area contributed by atoms with Gasteiger partial charge in [0.2, 0.25) is 5.69 Å². The molecule has 0 aliphatic carbocycles. The molecule has 20 heavy (non-hydrogen) atoms. The van der Waals surface area contributed by atoms with Crippen molar-refractivity contribution < 1.29 is 19.0 Å². The van der Waals surface area contributed by atoms with Crippen molar-refractivity contribution in [3.05, 3.63) is 23.5 Å². The third-order valence-corrected chi connectivity index (χ3v) is 2.26. The van der Waals surface area contributed by atoms with Crippen molar-refractivity contribution in [3.63, 3.8) is 0 Å². The average molecular weight is 278 g/mol. The van der Waals surface area contributed by atoms with Gasteiger partial charge in [-0.05, 0) is 32.9 Å². The van der Waals surface area contributed by atoms with Gasteiger partial charge in [-0.2, -0.15) is 0 Å². The van der Waals surface area contributed by atoms with E-state index in [9.17, 15) is 4.79 Å². The van der Waals surface area contributed by atoms with Crippen molar-refractivity contribution >= 4 is 17.5 Å². The fourth-order valence-electron chi connectivity index (χ4n) is 1.47. The lowest BCUT2D eigenvalue weighted by atomic mass is 10.2. The van der Waals surface area contributed by atoms with Gasteiger partial charge in [0.15, 0.2) is 11.5 Å². The molecule has 0 aliphatic rings. The zero-order valence-electron chi connectivity index (χ0n) is 12.2. The molecule has 0 saturated carbocycles. The average Bonchev–Trinajstić information content (AvgIpc) is 2.35. The molecule has 1 amide bonds. The zero-order valence-corrected chi connectivity index (χ0v) is 12.2. The monoisotopic (exact) mass is 278 g/mol. The van der Waals surface area contributed by atoms with E-state index in [0.29, 0.717) is 17.2 Å². The third kappa shape index (κ3) is 4.05. The summed E-state index contributed by atoms with van der Waals surface area (Å²) < 4.78 is 15.4. The summed E-state index contributed by atoms with van der Waals surface area (Å²) in [5.41, 5.74) is -0.0563. The van der Waals surface area contributed by atoms with Crippen LogP contribution in [0.5, 0.6) is 11.5 Å². The standard InChI is InChI=1S/C14H18N2O4/c1-14(2,3)20-13(17)16-10-8-12(19-6)11(18-5)7-9(10)15-4/h7-8H,1-3,5-6H3,(H,16,17). The molecule has 0 saturated heterocycles. The molecule has 6 heteroatoms. The Hall–Kier alpha value is -2.42. The van der Waals surface area contributed by atoms with Crippen molar-refractivity contribution in [2.75, 3.05) is 19.5 Å². The second kappa shape index (κ2) is 6.15. The number of hydrogen-bond donors (Lipinski definition) is 1. The van der Waals surface area contributed by atoms with Crippen LogP contribution in [-0.4, -0.2) is 25.9 Å². The van der Waals surface area contributed by atoms with E-state index in [4.69, 9.17) is 20.8 Å². The highest BCUT2D eigenvalue weighted by atomic mass is 16.6. The minimum atomic E-state index is -0.630. The third-order valence-electron chi connectivity index (χ3n) is 2.26. The topological polar surface area (TPSA) is 61.2 Å². The summed E-state index contributed by atoms with van der Waals surface area (Å²) in [4.78, 5) is 15.1. The second-order valence-corrected chi connectivity index (χ2v) is 4.96. The molecule has 1 N–H and O–H groups in total. The minimum Gasteiger partial charge on any atom is -0.494 e. The number of benzene rings is 1. The van der Waals surface area contributed by atoms with Crippen LogP contribution in [0.3, 0.4) is 0 Å². The van der Waals surface area contributed by atoms with Crippen LogP contribution in [-0.2, 0) is 4.74 Å². The van der Waals surface area contributed by atoms with Crippen molar-refractivity contribution in [1.29, 1.82) is 0 Å². The second-order valence-electron chi connectivity index (χ2n) is 4.96. The normalized spacial score (nSPS) is 10.4. The van der Waals surface area contributed by atoms with Crippen LogP contribution >= 0.6 is 0 Å². The van der Waals surface area contributed by atoms with Crippen LogP contribution in [0.2, 0.25) is 0 Å². The number of anilines is 1. The van der Waals surface area contributed by atoms with E-state index in [-0.39, 0.29) is 5.69 Å². The Balaban J connectivity index is 3.06. The molecule has 0 aliphatic heterocycles. The number of nitrogens with zero attached hydrogens (tertiary/aromatic N) is 1. The number of hydrogen-bond acceptors (Lipinski definition) is 4. The Labute approximate surface area is 118 Å². The van der Waals surface area contributed by atoms with Gasteiger partial charge in [0.05, 0.1) is 26.5 Å². The predicted molar refractivity (Wildman–Crippen MR) is 75.7 cm³/mol. The minimum absolute atomic E-state index is 0.244. The molecule has 0 atom stereocenters. The van der Waals surface area contributed by atoms with Crippen molar-refractivity contribution in [3.8, 4) is 11.5 Å². The van der Waals surface area contributed by atoms with Gasteiger partial charge < -0.3 is 19.5 Å². The Morgan fingerprint density at radius 1 is 1.20 bits per heavy atom. The molecule has 1 rings (SSSR count). The first-order valence-corrected chi connectivity index (χ1v) is 5.94. The van der Waals surface area contributed by atoms with E-state index in [0.717, 1.165) is 0 Å². The zero-order chi connectivity index (χ0) is 15.3. The van der Waals surface area contributed by atoms with Gasteiger partial charge in [-0.25, -0.2) is 9.64 Å². The van der Waals surface area contributed by atoms with Crippen molar-refractivity contribution in [2.24, 2.45) is 0 Å². The maximum Gasteiger partial charge on any atom is 0.411 e. The van der Waals surface area contributed by atoms with E-state index in [1.807, 2.05) is 0 Å². The van der Waals surface area contributed by atoms with Crippen molar-refractivity contribution in [2.45, 2.75) is 26.4 Å². The van der Waals surface area contributed by atoms with Gasteiger partial charge >= 0.3 is 6.09 Å². The summed E-state index contributed by atoms with van der Waals surface area (Å²) in [6, 6.07) is 3.02. The number of nitrogens with one attached hydrogen (secondary N) is 1. The van der Waals surface area contributed by atoms with Gasteiger partial charge in [-0.1, -0.05) is 0 Å². The van der Waals surface area contributed by atoms with Gasteiger partial charge in [-0.3, -0.25) is 0 Å². The number of amides is 1. The molecule has 0 fully saturated rings. The lowest BCUT2D eigenvalue weighted by Crippen LogP contribution is -2.27. The van der Waals surface area contributed by atoms with Crippen molar-refractivity contribution in [1.82, 2.24) is 0 Å². The van der Waals surface area contributed by atoms with Gasteiger partial charge in [-0.15, -0.1) is 0 Å². The number of ether oxygens (including phenoxy) is 3. The van der Waals surface area contributed by atoms with E-state index in [1.54, 1.807) is 20.8 Å². The molecule has 1 aromatic carbocycles. The van der Waals surface area contributed by atoms with Gasteiger partial charge in [0.1, 0.15) is 5.60 Å². The number of rotatable bonds is 3. The number of carbonyl (C=O) groups excluding carboxylic acids is 1. The highest BCUT2D eigenvalue weighted by Gasteiger charge is 2.18. The maximum absolute atomic E-state index is 11.7. The molecule has 6 nitrogen and oxygen atoms in total. The van der Waals surface area contributed by atoms with Gasteiger partial charge in [0.25, 0.3) is 0 Å². The summed E-state index contributed by atoms with van der Waals surface area (Å²) in [6.07, 6.45) is -0.630. The summed E-state index contributed by atoms with van der Waals surface area (Å²) in [5.74, 6) is 0.846. The van der Waals surface area contributed by atoms with Gasteiger partial charge in [0, 0.05) is 0 Å². The molecule has 0 heterocycles. The van der Waals surface area contributed by atoms with Crippen LogP contribution in [0.1, 0.15) is 20.8 Å². The van der Waals surface area contributed by atoms with Crippen LogP contribution < -0.4 is 14.8 Å². The Morgan fingerprint density at radius 2 is 1.75 bits per heavy atom. The quantitative estimate of drug-likeness (QED) is 0.858. The lowest BCUT2D eigenvalue weighted by molar-refractivity contribution is 0.0636. The first-order valence-electron chi connectivity index (χ1n) is 5.94. The molecule has 1 aromatic rings. The van der Waals surface area contributed by atoms with E-state index >= 15 is 0 Å². The van der Waals surface area contributed by atoms with Crippen LogP contribution in [0, 0.1) is 6.57 Å². The highest BCUT2D eigenvalue weighted by molar-refractivity contribution is 5.91. The summed E-state index contributed by atoms with van der Waals surface area (Å²) in [7, 11) is 2.96. The van der Waals surface area contributed by atoms with Crippen LogP contribution in [0.15, 0.2) is 12.1 Å². The SMILES string of the molecule is [C-]#[N+]c1cc(OC)c(OC)cc1NC(=O)OC(C)(C)C. The Bertz CT molecular complexity index is 541. The molecular formula is C14H18N2O4. The highest BCUT2D eigenvalue weighted by Crippen LogP contribution is 2.38. The summed E-state index contributed by atoms with van der Waals surface area (Å²) >= 11 is 0. The molecule has 0 unspecified atom stereocenters. The maximum atomic E-state index is 11.7. The predicted octanol–water partition coefficient (Wildman–Crippen LogP) is 3.60. The fourth-order valence-corrected chi connectivity index (χ4v) is 1.47. The summed E-state index contributed by atoms with van der Waals surface area (Å²) in [6.45, 7) is 12.4. The lowest BCUT2D eigenvalue weighted by Gasteiger charge is -2.20. The van der Waals surface area contributed by atoms with E-state index in [2.05, 4.69) is 10.2 Å². The molecule has 0 radical (unpaired) electrons. The summed E-state index contributed by atoms with van der Waals surface area (Å²) in [5, 5.41) is 2.53. The first-order chi connectivity index (χ1) is 9.30. The van der Waals surface area contributed by atoms with E-state index < -0.39 is 11.7 Å². The molecular weight excluding hydrogens is 260 g/mol. The number of methoxy groups -OCH3 is 2. The molecule has 108 valence electrons. The molecule has 0 aromatic heterocycles. The van der Waals surface area contributed by atoms with Crippen LogP contribution in [0.25, 0.3) is 4.85 Å². The Morgan fingerprint density at radius 3 is 2.20 bits per heavy atom. The van der Waals surface area contributed by atoms with E-state index in [1.165, 1.54) is 26.4 Å². The number of carbonyl (C=O) groups is 1. The fraction of sp³-hybridized carbons (Fsp3) is 0.429. The largest absolute Gasteiger partial charge is 0.494 e. The smallest absolute Gasteiger partial charge is 0.411 e. The first kappa shape index (κ1) is 15.6. The van der Waals surface area contributed by atoms with Crippen LogP contribution in [0.4, 0.5) is 16.2 Å². The molecule has 0 bridgehead atoms. The Kier molecular flexibility index (Phi) is 4.81.